The topological polar surface area (TPSA) is 62.8 Å². The molecular weight excluding hydrogens is 471 g/mol. The molecule has 0 aliphatic carbocycles. The molecule has 0 aliphatic rings. The molecule has 0 saturated heterocycles. The van der Waals surface area contributed by atoms with Gasteiger partial charge in [-0.3, -0.25) is 14.6 Å². The van der Waals surface area contributed by atoms with Crippen molar-refractivity contribution in [3.63, 3.8) is 0 Å². The molecule has 4 aromatic rings. The van der Waals surface area contributed by atoms with E-state index in [2.05, 4.69) is 25.9 Å². The van der Waals surface area contributed by atoms with Crippen LogP contribution in [0.5, 0.6) is 0 Å². The second-order valence-corrected chi connectivity index (χ2v) is 7.81. The molecule has 0 aliphatic heterocycles. The number of ketones is 1. The average Bonchev–Trinajstić information content (AvgIpc) is 2.73. The van der Waals surface area contributed by atoms with Crippen LogP contribution in [0.1, 0.15) is 15.9 Å². The molecule has 4 nitrogen and oxygen atoms in total. The number of rotatable bonds is 4. The van der Waals surface area contributed by atoms with E-state index in [1.807, 2.05) is 30.3 Å². The van der Waals surface area contributed by atoms with Crippen LogP contribution in [0.3, 0.4) is 0 Å². The van der Waals surface area contributed by atoms with Gasteiger partial charge in [-0.25, -0.2) is 4.39 Å². The molecule has 0 amide bonds. The second-order valence-electron chi connectivity index (χ2n) is 6.52. The third-order valence-corrected chi connectivity index (χ3v) is 5.33. The summed E-state index contributed by atoms with van der Waals surface area (Å²) in [5.41, 5.74) is 1.56. The Bertz CT molecular complexity index is 1370. The molecule has 2 aromatic heterocycles. The van der Waals surface area contributed by atoms with Crippen molar-refractivity contribution in [3.8, 4) is 11.1 Å². The number of nitrogens with zero attached hydrogens (tertiary/aromatic N) is 1. The Morgan fingerprint density at radius 2 is 1.87 bits per heavy atom. The fourth-order valence-electron chi connectivity index (χ4n) is 3.23. The van der Waals surface area contributed by atoms with Crippen LogP contribution < -0.4 is 5.56 Å². The molecule has 4 rings (SSSR count). The third kappa shape index (κ3) is 3.97. The summed E-state index contributed by atoms with van der Waals surface area (Å²) in [5, 5.41) is 1.12. The van der Waals surface area contributed by atoms with Crippen LogP contribution in [0.25, 0.3) is 28.1 Å². The molecule has 0 saturated carbocycles. The summed E-state index contributed by atoms with van der Waals surface area (Å²) in [6.07, 6.45) is 3.91. The number of halogens is 3. The first-order chi connectivity index (χ1) is 14.4. The molecule has 0 radical (unpaired) electrons. The Hall–Kier alpha value is -3.09. The Morgan fingerprint density at radius 1 is 1.10 bits per heavy atom. The van der Waals surface area contributed by atoms with Crippen molar-refractivity contribution in [2.24, 2.45) is 0 Å². The molecule has 0 unspecified atom stereocenters. The van der Waals surface area contributed by atoms with Crippen molar-refractivity contribution >= 4 is 50.3 Å². The predicted molar refractivity (Wildman–Crippen MR) is 120 cm³/mol. The molecule has 2 aromatic carbocycles. The van der Waals surface area contributed by atoms with E-state index in [0.717, 1.165) is 6.20 Å². The molecule has 30 heavy (non-hydrogen) atoms. The van der Waals surface area contributed by atoms with E-state index in [4.69, 9.17) is 11.6 Å². The SMILES string of the molecule is O=C(/C(Br)=C\c1cncc(F)c1)c1c(-c2ccccc2)c2cc(Cl)ccc2[nH]c1=O. The Labute approximate surface area is 184 Å². The zero-order valence-corrected chi connectivity index (χ0v) is 17.7. The molecule has 0 bridgehead atoms. The van der Waals surface area contributed by atoms with Gasteiger partial charge in [0.25, 0.3) is 5.56 Å². The van der Waals surface area contributed by atoms with Crippen LogP contribution in [0, 0.1) is 5.82 Å². The third-order valence-electron chi connectivity index (χ3n) is 4.50. The van der Waals surface area contributed by atoms with Crippen molar-refractivity contribution in [3.05, 3.63) is 104 Å². The van der Waals surface area contributed by atoms with Gasteiger partial charge < -0.3 is 4.98 Å². The van der Waals surface area contributed by atoms with E-state index in [9.17, 15) is 14.0 Å². The number of carbonyl (C=O) groups excluding carboxylic acids is 1. The van der Waals surface area contributed by atoms with Gasteiger partial charge in [0, 0.05) is 27.7 Å². The van der Waals surface area contributed by atoms with Crippen molar-refractivity contribution in [1.82, 2.24) is 9.97 Å². The average molecular weight is 484 g/mol. The Balaban J connectivity index is 1.97. The van der Waals surface area contributed by atoms with Crippen LogP contribution in [-0.2, 0) is 0 Å². The summed E-state index contributed by atoms with van der Waals surface area (Å²) in [4.78, 5) is 32.7. The van der Waals surface area contributed by atoms with Crippen molar-refractivity contribution in [1.29, 1.82) is 0 Å². The summed E-state index contributed by atoms with van der Waals surface area (Å²) in [6, 6.07) is 15.4. The molecule has 0 spiro atoms. The summed E-state index contributed by atoms with van der Waals surface area (Å²) in [7, 11) is 0. The van der Waals surface area contributed by atoms with Gasteiger partial charge >= 0.3 is 0 Å². The first kappa shape index (κ1) is 20.2. The molecular formula is C23H13BrClFN2O2. The van der Waals surface area contributed by atoms with Gasteiger partial charge in [0.1, 0.15) is 5.82 Å². The van der Waals surface area contributed by atoms with Crippen molar-refractivity contribution < 1.29 is 9.18 Å². The van der Waals surface area contributed by atoms with Gasteiger partial charge in [0.15, 0.2) is 0 Å². The maximum atomic E-state index is 13.4. The van der Waals surface area contributed by atoms with E-state index < -0.39 is 17.2 Å². The number of fused-ring (bicyclic) bond motifs is 1. The predicted octanol–water partition coefficient (Wildman–Crippen LogP) is 6.00. The van der Waals surface area contributed by atoms with E-state index in [-0.39, 0.29) is 10.0 Å². The smallest absolute Gasteiger partial charge is 0.260 e. The number of aromatic amines is 1. The van der Waals surface area contributed by atoms with Gasteiger partial charge in [-0.2, -0.15) is 0 Å². The zero-order valence-electron chi connectivity index (χ0n) is 15.3. The number of hydrogen-bond acceptors (Lipinski definition) is 3. The first-order valence-electron chi connectivity index (χ1n) is 8.87. The van der Waals surface area contributed by atoms with Gasteiger partial charge in [-0.15, -0.1) is 0 Å². The van der Waals surface area contributed by atoms with E-state index in [1.54, 1.807) is 18.2 Å². The largest absolute Gasteiger partial charge is 0.321 e. The monoisotopic (exact) mass is 482 g/mol. The lowest BCUT2D eigenvalue weighted by molar-refractivity contribution is 0.104. The van der Waals surface area contributed by atoms with E-state index in [0.29, 0.717) is 32.6 Å². The number of pyridine rings is 2. The zero-order chi connectivity index (χ0) is 21.3. The lowest BCUT2D eigenvalue weighted by Crippen LogP contribution is -2.20. The molecule has 2 heterocycles. The molecule has 0 atom stereocenters. The van der Waals surface area contributed by atoms with E-state index >= 15 is 0 Å². The maximum Gasteiger partial charge on any atom is 0.260 e. The number of aromatic nitrogens is 2. The first-order valence-corrected chi connectivity index (χ1v) is 10.0. The highest BCUT2D eigenvalue weighted by molar-refractivity contribution is 9.12. The number of H-pyrrole nitrogens is 1. The summed E-state index contributed by atoms with van der Waals surface area (Å²) in [5.74, 6) is -1.07. The van der Waals surface area contributed by atoms with Gasteiger partial charge in [-0.05, 0) is 57.4 Å². The minimum Gasteiger partial charge on any atom is -0.321 e. The van der Waals surface area contributed by atoms with Crippen LogP contribution in [-0.4, -0.2) is 15.8 Å². The van der Waals surface area contributed by atoms with Crippen LogP contribution in [0.15, 0.2) is 76.3 Å². The van der Waals surface area contributed by atoms with Crippen molar-refractivity contribution in [2.45, 2.75) is 0 Å². The van der Waals surface area contributed by atoms with Gasteiger partial charge in [0.2, 0.25) is 5.78 Å². The lowest BCUT2D eigenvalue weighted by atomic mass is 9.94. The molecule has 1 N–H and O–H groups in total. The second kappa shape index (κ2) is 8.34. The van der Waals surface area contributed by atoms with E-state index in [1.165, 1.54) is 18.3 Å². The van der Waals surface area contributed by atoms with Crippen LogP contribution >= 0.6 is 27.5 Å². The molecule has 0 fully saturated rings. The van der Waals surface area contributed by atoms with Crippen molar-refractivity contribution in [2.75, 3.05) is 0 Å². The number of hydrogen-bond donors (Lipinski definition) is 1. The highest BCUT2D eigenvalue weighted by Crippen LogP contribution is 2.33. The highest BCUT2D eigenvalue weighted by Gasteiger charge is 2.22. The standard InChI is InChI=1S/C23H13BrClFN2O2/c24-18(9-13-8-16(26)12-27-11-13)22(29)21-20(14-4-2-1-3-5-14)17-10-15(25)6-7-19(17)28-23(21)30/h1-12H,(H,28,30)/b18-9+. The maximum absolute atomic E-state index is 13.4. The normalized spacial score (nSPS) is 11.6. The summed E-state index contributed by atoms with van der Waals surface area (Å²) < 4.78 is 13.5. The summed E-state index contributed by atoms with van der Waals surface area (Å²) in [6.45, 7) is 0. The number of benzene rings is 2. The fourth-order valence-corrected chi connectivity index (χ4v) is 3.86. The number of Topliss-reactive ketones (excluding diaryl/α,β-unsaturated/α-hetero) is 1. The quantitative estimate of drug-likeness (QED) is 0.286. The number of allylic oxidation sites excluding steroid dienone is 1. The number of nitrogens with one attached hydrogen (secondary N) is 1. The van der Waals surface area contributed by atoms with Gasteiger partial charge in [0.05, 0.1) is 16.2 Å². The summed E-state index contributed by atoms with van der Waals surface area (Å²) >= 11 is 9.44. The fraction of sp³-hybridized carbons (Fsp3) is 0. The number of carbonyl (C=O) groups is 1. The van der Waals surface area contributed by atoms with Crippen LogP contribution in [0.4, 0.5) is 4.39 Å². The molecule has 7 heteroatoms. The van der Waals surface area contributed by atoms with Crippen LogP contribution in [0.2, 0.25) is 5.02 Å². The Morgan fingerprint density at radius 3 is 2.60 bits per heavy atom. The highest BCUT2D eigenvalue weighted by atomic mass is 79.9. The van der Waals surface area contributed by atoms with Gasteiger partial charge in [-0.1, -0.05) is 41.9 Å². The minimum atomic E-state index is -0.541. The Kier molecular flexibility index (Phi) is 5.61. The molecule has 148 valence electrons. The lowest BCUT2D eigenvalue weighted by Gasteiger charge is -2.12. The minimum absolute atomic E-state index is 0.0385.